The van der Waals surface area contributed by atoms with Gasteiger partial charge in [-0.1, -0.05) is 18.2 Å². The molecule has 106 valence electrons. The predicted octanol–water partition coefficient (Wildman–Crippen LogP) is 3.23. The van der Waals surface area contributed by atoms with Gasteiger partial charge in [0.1, 0.15) is 23.4 Å². The standard InChI is InChI=1S/C16H17FO3/c1-10-5-4-6-14(15(10)17)16(18)11-7-12(19-2)9-13(8-11)20-3/h4-9,16,18H,1-3H3. The van der Waals surface area contributed by atoms with E-state index in [4.69, 9.17) is 9.47 Å². The third-order valence-corrected chi connectivity index (χ3v) is 3.21. The van der Waals surface area contributed by atoms with E-state index in [1.807, 2.05) is 0 Å². The molecular weight excluding hydrogens is 259 g/mol. The summed E-state index contributed by atoms with van der Waals surface area (Å²) < 4.78 is 24.4. The second-order valence-corrected chi connectivity index (χ2v) is 4.53. The fourth-order valence-electron chi connectivity index (χ4n) is 2.05. The summed E-state index contributed by atoms with van der Waals surface area (Å²) in [6.07, 6.45) is -1.07. The number of ether oxygens (including phenoxy) is 2. The van der Waals surface area contributed by atoms with Gasteiger partial charge < -0.3 is 14.6 Å². The van der Waals surface area contributed by atoms with Crippen LogP contribution in [-0.2, 0) is 0 Å². The number of rotatable bonds is 4. The van der Waals surface area contributed by atoms with Crippen LogP contribution in [0.5, 0.6) is 11.5 Å². The first-order valence-electron chi connectivity index (χ1n) is 6.23. The van der Waals surface area contributed by atoms with Crippen LogP contribution >= 0.6 is 0 Å². The largest absolute Gasteiger partial charge is 0.497 e. The van der Waals surface area contributed by atoms with Gasteiger partial charge in [0.2, 0.25) is 0 Å². The highest BCUT2D eigenvalue weighted by Crippen LogP contribution is 2.31. The highest BCUT2D eigenvalue weighted by Gasteiger charge is 2.17. The fraction of sp³-hybridized carbons (Fsp3) is 0.250. The lowest BCUT2D eigenvalue weighted by Gasteiger charge is -2.15. The van der Waals surface area contributed by atoms with E-state index in [-0.39, 0.29) is 5.56 Å². The van der Waals surface area contributed by atoms with Gasteiger partial charge in [-0.05, 0) is 30.2 Å². The van der Waals surface area contributed by atoms with Gasteiger partial charge in [-0.25, -0.2) is 4.39 Å². The molecule has 0 aliphatic carbocycles. The van der Waals surface area contributed by atoms with E-state index >= 15 is 0 Å². The summed E-state index contributed by atoms with van der Waals surface area (Å²) in [6.45, 7) is 1.66. The summed E-state index contributed by atoms with van der Waals surface area (Å²) in [4.78, 5) is 0. The summed E-state index contributed by atoms with van der Waals surface area (Å²) in [7, 11) is 3.05. The zero-order valence-electron chi connectivity index (χ0n) is 11.7. The molecule has 0 saturated carbocycles. The molecule has 20 heavy (non-hydrogen) atoms. The van der Waals surface area contributed by atoms with Crippen molar-refractivity contribution in [3.8, 4) is 11.5 Å². The molecule has 1 atom stereocenters. The van der Waals surface area contributed by atoms with Crippen LogP contribution in [-0.4, -0.2) is 19.3 Å². The third kappa shape index (κ3) is 2.75. The third-order valence-electron chi connectivity index (χ3n) is 3.21. The lowest BCUT2D eigenvalue weighted by Crippen LogP contribution is -2.04. The molecule has 0 amide bonds. The Morgan fingerprint density at radius 1 is 1.05 bits per heavy atom. The van der Waals surface area contributed by atoms with Gasteiger partial charge in [-0.2, -0.15) is 0 Å². The zero-order chi connectivity index (χ0) is 14.7. The SMILES string of the molecule is COc1cc(OC)cc(C(O)c2cccc(C)c2F)c1. The van der Waals surface area contributed by atoms with Crippen molar-refractivity contribution in [2.75, 3.05) is 14.2 Å². The maximum atomic E-state index is 14.1. The molecule has 2 aromatic carbocycles. The maximum Gasteiger partial charge on any atom is 0.132 e. The molecule has 4 heteroatoms. The quantitative estimate of drug-likeness (QED) is 0.931. The van der Waals surface area contributed by atoms with Gasteiger partial charge in [0.05, 0.1) is 14.2 Å². The van der Waals surface area contributed by atoms with Crippen LogP contribution in [0.1, 0.15) is 22.8 Å². The topological polar surface area (TPSA) is 38.7 Å². The number of aryl methyl sites for hydroxylation is 1. The molecule has 2 rings (SSSR count). The lowest BCUT2D eigenvalue weighted by molar-refractivity contribution is 0.213. The minimum atomic E-state index is -1.07. The first-order valence-corrected chi connectivity index (χ1v) is 6.23. The Kier molecular flexibility index (Phi) is 4.25. The molecule has 2 aromatic rings. The molecular formula is C16H17FO3. The Morgan fingerprint density at radius 3 is 2.20 bits per heavy atom. The second-order valence-electron chi connectivity index (χ2n) is 4.53. The first-order chi connectivity index (χ1) is 9.56. The van der Waals surface area contributed by atoms with Crippen molar-refractivity contribution in [3.63, 3.8) is 0 Å². The van der Waals surface area contributed by atoms with E-state index in [2.05, 4.69) is 0 Å². The summed E-state index contributed by atoms with van der Waals surface area (Å²) in [5.74, 6) is 0.694. The van der Waals surface area contributed by atoms with E-state index < -0.39 is 11.9 Å². The van der Waals surface area contributed by atoms with Crippen molar-refractivity contribution in [2.45, 2.75) is 13.0 Å². The van der Waals surface area contributed by atoms with Crippen molar-refractivity contribution in [3.05, 3.63) is 58.9 Å². The molecule has 0 saturated heterocycles. The molecule has 1 N–H and O–H groups in total. The molecule has 0 aliphatic rings. The normalized spacial score (nSPS) is 12.1. The number of halogens is 1. The van der Waals surface area contributed by atoms with Crippen molar-refractivity contribution in [2.24, 2.45) is 0 Å². The van der Waals surface area contributed by atoms with E-state index in [0.717, 1.165) is 0 Å². The molecule has 0 fully saturated rings. The molecule has 0 bridgehead atoms. The van der Waals surface area contributed by atoms with Crippen molar-refractivity contribution in [1.29, 1.82) is 0 Å². The van der Waals surface area contributed by atoms with Gasteiger partial charge in [-0.15, -0.1) is 0 Å². The molecule has 0 aromatic heterocycles. The van der Waals surface area contributed by atoms with Crippen molar-refractivity contribution >= 4 is 0 Å². The first kappa shape index (κ1) is 14.3. The average Bonchev–Trinajstić information content (AvgIpc) is 2.48. The fourth-order valence-corrected chi connectivity index (χ4v) is 2.05. The van der Waals surface area contributed by atoms with Crippen molar-refractivity contribution < 1.29 is 19.0 Å². The number of hydrogen-bond donors (Lipinski definition) is 1. The van der Waals surface area contributed by atoms with Crippen LogP contribution in [0.15, 0.2) is 36.4 Å². The van der Waals surface area contributed by atoms with Crippen LogP contribution in [0.2, 0.25) is 0 Å². The van der Waals surface area contributed by atoms with Gasteiger partial charge in [-0.3, -0.25) is 0 Å². The molecule has 0 radical (unpaired) electrons. The molecule has 3 nitrogen and oxygen atoms in total. The summed E-state index contributed by atoms with van der Waals surface area (Å²) in [5, 5.41) is 10.4. The molecule has 0 aliphatic heterocycles. The number of methoxy groups -OCH3 is 2. The van der Waals surface area contributed by atoms with Gasteiger partial charge in [0.15, 0.2) is 0 Å². The second kappa shape index (κ2) is 5.92. The molecule has 0 spiro atoms. The Morgan fingerprint density at radius 2 is 1.65 bits per heavy atom. The predicted molar refractivity (Wildman–Crippen MR) is 74.7 cm³/mol. The maximum absolute atomic E-state index is 14.1. The summed E-state index contributed by atoms with van der Waals surface area (Å²) in [5.41, 5.74) is 1.25. The van der Waals surface area contributed by atoms with Crippen LogP contribution in [0, 0.1) is 12.7 Å². The summed E-state index contributed by atoms with van der Waals surface area (Å²) in [6, 6.07) is 9.97. The Bertz CT molecular complexity index is 588. The van der Waals surface area contributed by atoms with Crippen LogP contribution in [0.25, 0.3) is 0 Å². The Balaban J connectivity index is 2.47. The highest BCUT2D eigenvalue weighted by atomic mass is 19.1. The number of hydrogen-bond acceptors (Lipinski definition) is 3. The van der Waals surface area contributed by atoms with Gasteiger partial charge in [0.25, 0.3) is 0 Å². The van der Waals surface area contributed by atoms with Crippen LogP contribution in [0.4, 0.5) is 4.39 Å². The minimum absolute atomic E-state index is 0.236. The zero-order valence-corrected chi connectivity index (χ0v) is 11.7. The average molecular weight is 276 g/mol. The Labute approximate surface area is 117 Å². The van der Waals surface area contributed by atoms with Crippen molar-refractivity contribution in [1.82, 2.24) is 0 Å². The van der Waals surface area contributed by atoms with Gasteiger partial charge in [0, 0.05) is 11.6 Å². The molecule has 1 unspecified atom stereocenters. The highest BCUT2D eigenvalue weighted by molar-refractivity contribution is 5.43. The monoisotopic (exact) mass is 276 g/mol. The Hall–Kier alpha value is -2.07. The number of benzene rings is 2. The minimum Gasteiger partial charge on any atom is -0.497 e. The van der Waals surface area contributed by atoms with E-state index in [1.165, 1.54) is 14.2 Å². The summed E-state index contributed by atoms with van der Waals surface area (Å²) >= 11 is 0. The number of aliphatic hydroxyl groups is 1. The van der Waals surface area contributed by atoms with Crippen LogP contribution < -0.4 is 9.47 Å². The smallest absolute Gasteiger partial charge is 0.132 e. The van der Waals surface area contributed by atoms with Gasteiger partial charge >= 0.3 is 0 Å². The lowest BCUT2D eigenvalue weighted by atomic mass is 9.99. The van der Waals surface area contributed by atoms with E-state index in [9.17, 15) is 9.50 Å². The van der Waals surface area contributed by atoms with Crippen LogP contribution in [0.3, 0.4) is 0 Å². The number of aliphatic hydroxyl groups excluding tert-OH is 1. The van der Waals surface area contributed by atoms with E-state index in [0.29, 0.717) is 22.6 Å². The molecule has 0 heterocycles. The van der Waals surface area contributed by atoms with E-state index in [1.54, 1.807) is 43.3 Å².